The first kappa shape index (κ1) is 16.5. The van der Waals surface area contributed by atoms with Gasteiger partial charge in [0.1, 0.15) is 0 Å². The minimum atomic E-state index is 0.526. The molecule has 1 fully saturated rings. The van der Waals surface area contributed by atoms with E-state index in [1.165, 1.54) is 64.2 Å². The molecule has 1 N–H and O–H groups in total. The Hall–Kier alpha value is -0.830. The third kappa shape index (κ3) is 5.46. The second-order valence-electron chi connectivity index (χ2n) is 6.57. The lowest BCUT2D eigenvalue weighted by atomic mass is 9.94. The van der Waals surface area contributed by atoms with Gasteiger partial charge in [0.2, 0.25) is 0 Å². The van der Waals surface area contributed by atoms with Gasteiger partial charge < -0.3 is 5.32 Å². The fourth-order valence-corrected chi connectivity index (χ4v) is 3.61. The number of hydrogen-bond donors (Lipinski definition) is 1. The summed E-state index contributed by atoms with van der Waals surface area (Å²) in [5, 5.41) is 8.45. The summed E-state index contributed by atoms with van der Waals surface area (Å²) in [7, 11) is 0. The van der Waals surface area contributed by atoms with Crippen molar-refractivity contribution in [1.82, 2.24) is 15.1 Å². The maximum Gasteiger partial charge on any atom is 0.0672 e. The van der Waals surface area contributed by atoms with Crippen molar-refractivity contribution in [2.24, 2.45) is 0 Å². The van der Waals surface area contributed by atoms with Crippen molar-refractivity contribution < 1.29 is 0 Å². The number of aromatic nitrogens is 2. The molecule has 120 valence electrons. The second-order valence-corrected chi connectivity index (χ2v) is 6.57. The summed E-state index contributed by atoms with van der Waals surface area (Å²) < 4.78 is 2.23. The molecule has 0 bridgehead atoms. The van der Waals surface area contributed by atoms with Crippen molar-refractivity contribution in [1.29, 1.82) is 0 Å². The molecule has 2 rings (SSSR count). The molecule has 0 radical (unpaired) electrons. The Bertz CT molecular complexity index is 386. The molecular weight excluding hydrogens is 258 g/mol. The number of rotatable bonds is 3. The van der Waals surface area contributed by atoms with E-state index in [9.17, 15) is 0 Å². The third-order valence-corrected chi connectivity index (χ3v) is 4.78. The highest BCUT2D eigenvalue weighted by Gasteiger charge is 2.22. The minimum Gasteiger partial charge on any atom is -0.312 e. The van der Waals surface area contributed by atoms with E-state index in [0.717, 1.165) is 12.2 Å². The van der Waals surface area contributed by atoms with Crippen LogP contribution in [0, 0.1) is 6.92 Å². The highest BCUT2D eigenvalue weighted by molar-refractivity contribution is 4.97. The lowest BCUT2D eigenvalue weighted by Gasteiger charge is -2.29. The first-order chi connectivity index (χ1) is 10.3. The van der Waals surface area contributed by atoms with Crippen molar-refractivity contribution in [2.75, 3.05) is 6.54 Å². The van der Waals surface area contributed by atoms with E-state index in [2.05, 4.69) is 36.1 Å². The molecule has 1 aliphatic carbocycles. The second kappa shape index (κ2) is 9.24. The molecule has 0 aromatic carbocycles. The SMILES string of the molecule is CCNC1CCCCCCCCCCC1n1ccc(C)n1. The van der Waals surface area contributed by atoms with Gasteiger partial charge in [-0.2, -0.15) is 5.10 Å². The normalized spacial score (nSPS) is 26.0. The van der Waals surface area contributed by atoms with Gasteiger partial charge in [0.25, 0.3) is 0 Å². The number of nitrogens with zero attached hydrogens (tertiary/aromatic N) is 2. The fraction of sp³-hybridized carbons (Fsp3) is 0.833. The minimum absolute atomic E-state index is 0.526. The van der Waals surface area contributed by atoms with Crippen LogP contribution in [0.5, 0.6) is 0 Å². The molecular formula is C18H33N3. The monoisotopic (exact) mass is 291 g/mol. The summed E-state index contributed by atoms with van der Waals surface area (Å²) in [6, 6.07) is 3.24. The molecule has 3 heteroatoms. The maximum atomic E-state index is 4.71. The van der Waals surface area contributed by atoms with Gasteiger partial charge in [-0.15, -0.1) is 0 Å². The van der Waals surface area contributed by atoms with E-state index >= 15 is 0 Å². The summed E-state index contributed by atoms with van der Waals surface area (Å²) in [5.41, 5.74) is 1.14. The van der Waals surface area contributed by atoms with Crippen molar-refractivity contribution >= 4 is 0 Å². The van der Waals surface area contributed by atoms with Gasteiger partial charge in [-0.3, -0.25) is 4.68 Å². The Labute approximate surface area is 130 Å². The van der Waals surface area contributed by atoms with Crippen LogP contribution in [0.2, 0.25) is 0 Å². The van der Waals surface area contributed by atoms with E-state index in [1.807, 2.05) is 0 Å². The molecule has 1 aromatic heterocycles. The number of hydrogen-bond acceptors (Lipinski definition) is 2. The van der Waals surface area contributed by atoms with Crippen LogP contribution in [0.15, 0.2) is 12.3 Å². The molecule has 0 aliphatic heterocycles. The van der Waals surface area contributed by atoms with E-state index in [0.29, 0.717) is 12.1 Å². The van der Waals surface area contributed by atoms with Crippen LogP contribution in [0.1, 0.15) is 82.9 Å². The summed E-state index contributed by atoms with van der Waals surface area (Å²) in [6.07, 6.45) is 15.9. The van der Waals surface area contributed by atoms with Crippen LogP contribution in [0.25, 0.3) is 0 Å². The van der Waals surface area contributed by atoms with Gasteiger partial charge in [0.05, 0.1) is 11.7 Å². The number of aryl methyl sites for hydroxylation is 1. The highest BCUT2D eigenvalue weighted by Crippen LogP contribution is 2.25. The van der Waals surface area contributed by atoms with E-state index in [4.69, 9.17) is 5.10 Å². The Morgan fingerprint density at radius 2 is 1.67 bits per heavy atom. The van der Waals surface area contributed by atoms with Crippen LogP contribution in [-0.4, -0.2) is 22.4 Å². The maximum absolute atomic E-state index is 4.71. The summed E-state index contributed by atoms with van der Waals surface area (Å²) in [5.74, 6) is 0. The molecule has 3 nitrogen and oxygen atoms in total. The molecule has 2 unspecified atom stereocenters. The zero-order chi connectivity index (χ0) is 14.9. The lowest BCUT2D eigenvalue weighted by Crippen LogP contribution is -2.38. The van der Waals surface area contributed by atoms with Crippen LogP contribution >= 0.6 is 0 Å². The molecule has 0 saturated heterocycles. The average molecular weight is 291 g/mol. The largest absolute Gasteiger partial charge is 0.312 e. The van der Waals surface area contributed by atoms with E-state index in [-0.39, 0.29) is 0 Å². The van der Waals surface area contributed by atoms with Crippen molar-refractivity contribution in [3.63, 3.8) is 0 Å². The third-order valence-electron chi connectivity index (χ3n) is 4.78. The molecule has 21 heavy (non-hydrogen) atoms. The number of likely N-dealkylation sites (N-methyl/N-ethyl adjacent to an activating group) is 1. The van der Waals surface area contributed by atoms with Crippen LogP contribution in [0.3, 0.4) is 0 Å². The van der Waals surface area contributed by atoms with Gasteiger partial charge in [0, 0.05) is 12.2 Å². The highest BCUT2D eigenvalue weighted by atomic mass is 15.3. The van der Waals surface area contributed by atoms with Crippen LogP contribution in [0.4, 0.5) is 0 Å². The smallest absolute Gasteiger partial charge is 0.0672 e. The molecule has 2 atom stereocenters. The molecule has 0 amide bonds. The van der Waals surface area contributed by atoms with Gasteiger partial charge in [0.15, 0.2) is 0 Å². The predicted molar refractivity (Wildman–Crippen MR) is 89.6 cm³/mol. The Morgan fingerprint density at radius 1 is 1.05 bits per heavy atom. The Balaban J connectivity index is 2.06. The van der Waals surface area contributed by atoms with Crippen LogP contribution in [-0.2, 0) is 0 Å². The molecule has 1 aliphatic rings. The van der Waals surface area contributed by atoms with Crippen LogP contribution < -0.4 is 5.32 Å². The van der Waals surface area contributed by atoms with Crippen molar-refractivity contribution in [3.8, 4) is 0 Å². The van der Waals surface area contributed by atoms with Crippen molar-refractivity contribution in [2.45, 2.75) is 90.1 Å². The van der Waals surface area contributed by atoms with Gasteiger partial charge in [-0.05, 0) is 32.4 Å². The fourth-order valence-electron chi connectivity index (χ4n) is 3.61. The summed E-state index contributed by atoms with van der Waals surface area (Å²) >= 11 is 0. The standard InChI is InChI=1S/C18H33N3/c1-3-19-17-12-10-8-6-4-5-7-9-11-13-18(17)21-15-14-16(2)20-21/h14-15,17-19H,3-13H2,1-2H3. The molecule has 1 heterocycles. The predicted octanol–water partition coefficient (Wildman–Crippen LogP) is 4.63. The summed E-state index contributed by atoms with van der Waals surface area (Å²) in [4.78, 5) is 0. The zero-order valence-corrected chi connectivity index (χ0v) is 14.0. The van der Waals surface area contributed by atoms with E-state index in [1.54, 1.807) is 0 Å². The Kier molecular flexibility index (Phi) is 7.28. The topological polar surface area (TPSA) is 29.9 Å². The average Bonchev–Trinajstić information content (AvgIpc) is 2.88. The van der Waals surface area contributed by atoms with Crippen molar-refractivity contribution in [3.05, 3.63) is 18.0 Å². The summed E-state index contributed by atoms with van der Waals surface area (Å²) in [6.45, 7) is 5.37. The number of nitrogens with one attached hydrogen (secondary N) is 1. The van der Waals surface area contributed by atoms with Gasteiger partial charge in [-0.1, -0.05) is 58.3 Å². The Morgan fingerprint density at radius 3 is 2.24 bits per heavy atom. The van der Waals surface area contributed by atoms with Gasteiger partial charge in [-0.25, -0.2) is 0 Å². The van der Waals surface area contributed by atoms with Gasteiger partial charge >= 0.3 is 0 Å². The molecule has 1 saturated carbocycles. The first-order valence-electron chi connectivity index (χ1n) is 9.06. The molecule has 0 spiro atoms. The first-order valence-corrected chi connectivity index (χ1v) is 9.06. The molecule has 1 aromatic rings. The van der Waals surface area contributed by atoms with E-state index < -0.39 is 0 Å². The zero-order valence-electron chi connectivity index (χ0n) is 14.0. The lowest BCUT2D eigenvalue weighted by molar-refractivity contribution is 0.281. The quantitative estimate of drug-likeness (QED) is 0.880.